The van der Waals surface area contributed by atoms with Crippen LogP contribution in [0.5, 0.6) is 0 Å². The van der Waals surface area contributed by atoms with E-state index in [0.717, 1.165) is 5.57 Å². The summed E-state index contributed by atoms with van der Waals surface area (Å²) in [6, 6.07) is 7.90. The molecule has 0 saturated carbocycles. The molecule has 0 aliphatic heterocycles. The Morgan fingerprint density at radius 1 is 1.33 bits per heavy atom. The third kappa shape index (κ3) is 2.72. The molecule has 90 valence electrons. The first kappa shape index (κ1) is 12.3. The van der Waals surface area contributed by atoms with Crippen LogP contribution in [-0.4, -0.2) is 0 Å². The number of halogens is 2. The van der Waals surface area contributed by atoms with Gasteiger partial charge >= 0.3 is 0 Å². The standard InChI is InChI=1S/C15H11F2N/c16-13-5-1-3-11(9-13)15(7-8-18)12-4-2-6-14(17)10-12/h1,3,5-7,9-10H,2,4H2/b15-7-. The van der Waals surface area contributed by atoms with Gasteiger partial charge in [0.2, 0.25) is 0 Å². The molecular formula is C15H11F2N. The van der Waals surface area contributed by atoms with Gasteiger partial charge in [0.15, 0.2) is 0 Å². The van der Waals surface area contributed by atoms with Gasteiger partial charge in [-0.05, 0) is 53.8 Å². The number of nitrogens with zero attached hydrogens (tertiary/aromatic N) is 1. The topological polar surface area (TPSA) is 23.8 Å². The SMILES string of the molecule is N#C/C=C(\C1=CC(F)=CCC1)c1cccc(F)c1. The Bertz CT molecular complexity index is 589. The summed E-state index contributed by atoms with van der Waals surface area (Å²) >= 11 is 0. The third-order valence-corrected chi connectivity index (χ3v) is 2.76. The number of rotatable bonds is 2. The molecule has 3 heteroatoms. The van der Waals surface area contributed by atoms with Crippen molar-refractivity contribution in [2.45, 2.75) is 12.8 Å². The maximum Gasteiger partial charge on any atom is 0.123 e. The normalized spacial score (nSPS) is 15.7. The zero-order valence-corrected chi connectivity index (χ0v) is 9.66. The summed E-state index contributed by atoms with van der Waals surface area (Å²) in [5, 5.41) is 8.81. The summed E-state index contributed by atoms with van der Waals surface area (Å²) in [6.07, 6.45) is 5.48. The highest BCUT2D eigenvalue weighted by molar-refractivity contribution is 5.81. The Morgan fingerprint density at radius 2 is 2.17 bits per heavy atom. The van der Waals surface area contributed by atoms with Crippen LogP contribution in [0.4, 0.5) is 8.78 Å². The van der Waals surface area contributed by atoms with Crippen molar-refractivity contribution < 1.29 is 8.78 Å². The van der Waals surface area contributed by atoms with Crippen molar-refractivity contribution in [2.24, 2.45) is 0 Å². The van der Waals surface area contributed by atoms with Gasteiger partial charge in [-0.1, -0.05) is 12.1 Å². The Labute approximate surface area is 104 Å². The fourth-order valence-corrected chi connectivity index (χ4v) is 1.96. The van der Waals surface area contributed by atoms with Crippen LogP contribution in [0.3, 0.4) is 0 Å². The van der Waals surface area contributed by atoms with Crippen LogP contribution in [0.15, 0.2) is 53.9 Å². The van der Waals surface area contributed by atoms with Gasteiger partial charge in [-0.3, -0.25) is 0 Å². The van der Waals surface area contributed by atoms with Gasteiger partial charge < -0.3 is 0 Å². The second-order valence-electron chi connectivity index (χ2n) is 3.99. The van der Waals surface area contributed by atoms with Crippen LogP contribution in [0.2, 0.25) is 0 Å². The van der Waals surface area contributed by atoms with E-state index in [0.29, 0.717) is 24.0 Å². The molecule has 0 saturated heterocycles. The predicted octanol–water partition coefficient (Wildman–Crippen LogP) is 4.31. The minimum Gasteiger partial charge on any atom is -0.207 e. The highest BCUT2D eigenvalue weighted by Crippen LogP contribution is 2.31. The number of allylic oxidation sites excluding steroid dienone is 6. The Hall–Kier alpha value is -2.21. The average molecular weight is 243 g/mol. The van der Waals surface area contributed by atoms with Crippen LogP contribution in [0.25, 0.3) is 5.57 Å². The second-order valence-corrected chi connectivity index (χ2v) is 3.99. The van der Waals surface area contributed by atoms with E-state index in [9.17, 15) is 8.78 Å². The first-order valence-corrected chi connectivity index (χ1v) is 5.63. The summed E-state index contributed by atoms with van der Waals surface area (Å²) in [5.74, 6) is -0.680. The predicted molar refractivity (Wildman–Crippen MR) is 66.5 cm³/mol. The van der Waals surface area contributed by atoms with E-state index >= 15 is 0 Å². The number of benzene rings is 1. The zero-order chi connectivity index (χ0) is 13.0. The van der Waals surface area contributed by atoms with Gasteiger partial charge in [0.25, 0.3) is 0 Å². The molecule has 18 heavy (non-hydrogen) atoms. The maximum absolute atomic E-state index is 13.2. The number of nitriles is 1. The maximum atomic E-state index is 13.2. The first-order valence-electron chi connectivity index (χ1n) is 5.63. The van der Waals surface area contributed by atoms with E-state index in [1.54, 1.807) is 12.1 Å². The van der Waals surface area contributed by atoms with Crippen LogP contribution in [0, 0.1) is 17.1 Å². The van der Waals surface area contributed by atoms with Crippen molar-refractivity contribution >= 4 is 5.57 Å². The van der Waals surface area contributed by atoms with E-state index in [1.165, 1.54) is 30.4 Å². The number of hydrogen-bond donors (Lipinski definition) is 0. The van der Waals surface area contributed by atoms with Gasteiger partial charge in [-0.15, -0.1) is 0 Å². The number of hydrogen-bond acceptors (Lipinski definition) is 1. The molecule has 0 atom stereocenters. The molecule has 1 aliphatic carbocycles. The van der Waals surface area contributed by atoms with E-state index in [-0.39, 0.29) is 11.6 Å². The molecule has 0 unspecified atom stereocenters. The van der Waals surface area contributed by atoms with Crippen molar-refractivity contribution in [1.29, 1.82) is 5.26 Å². The molecule has 1 aromatic rings. The molecule has 0 radical (unpaired) electrons. The van der Waals surface area contributed by atoms with Gasteiger partial charge in [-0.2, -0.15) is 5.26 Å². The minimum atomic E-state index is -0.372. The fourth-order valence-electron chi connectivity index (χ4n) is 1.96. The van der Waals surface area contributed by atoms with E-state index < -0.39 is 0 Å². The van der Waals surface area contributed by atoms with Crippen LogP contribution in [0.1, 0.15) is 18.4 Å². The molecule has 2 rings (SSSR count). The van der Waals surface area contributed by atoms with E-state index in [1.807, 2.05) is 6.07 Å². The highest BCUT2D eigenvalue weighted by atomic mass is 19.1. The first-order chi connectivity index (χ1) is 8.70. The minimum absolute atomic E-state index is 0.309. The third-order valence-electron chi connectivity index (χ3n) is 2.76. The molecular weight excluding hydrogens is 232 g/mol. The second kappa shape index (κ2) is 5.42. The molecule has 1 aromatic carbocycles. The van der Waals surface area contributed by atoms with Gasteiger partial charge in [0, 0.05) is 6.08 Å². The Morgan fingerprint density at radius 3 is 2.83 bits per heavy atom. The van der Waals surface area contributed by atoms with Crippen molar-refractivity contribution in [3.05, 3.63) is 65.3 Å². The van der Waals surface area contributed by atoms with Crippen molar-refractivity contribution in [2.75, 3.05) is 0 Å². The largest absolute Gasteiger partial charge is 0.207 e. The highest BCUT2D eigenvalue weighted by Gasteiger charge is 2.12. The smallest absolute Gasteiger partial charge is 0.123 e. The summed E-state index contributed by atoms with van der Waals surface area (Å²) in [6.45, 7) is 0. The van der Waals surface area contributed by atoms with Gasteiger partial charge in [0.05, 0.1) is 6.07 Å². The molecule has 0 spiro atoms. The molecule has 1 nitrogen and oxygen atoms in total. The molecule has 0 amide bonds. The summed E-state index contributed by atoms with van der Waals surface area (Å²) < 4.78 is 26.4. The lowest BCUT2D eigenvalue weighted by Crippen LogP contribution is -1.95. The lowest BCUT2D eigenvalue weighted by atomic mass is 9.91. The summed E-state index contributed by atoms with van der Waals surface area (Å²) in [7, 11) is 0. The van der Waals surface area contributed by atoms with Crippen LogP contribution < -0.4 is 0 Å². The average Bonchev–Trinajstić information content (AvgIpc) is 2.36. The molecule has 0 bridgehead atoms. The Kier molecular flexibility index (Phi) is 3.69. The monoisotopic (exact) mass is 243 g/mol. The lowest BCUT2D eigenvalue weighted by Gasteiger charge is -2.13. The molecule has 1 aliphatic rings. The molecule has 0 N–H and O–H groups in total. The van der Waals surface area contributed by atoms with Crippen molar-refractivity contribution in [3.63, 3.8) is 0 Å². The summed E-state index contributed by atoms with van der Waals surface area (Å²) in [4.78, 5) is 0. The quantitative estimate of drug-likeness (QED) is 0.710. The summed E-state index contributed by atoms with van der Waals surface area (Å²) in [5.41, 5.74) is 1.90. The zero-order valence-electron chi connectivity index (χ0n) is 9.66. The van der Waals surface area contributed by atoms with E-state index in [2.05, 4.69) is 0 Å². The van der Waals surface area contributed by atoms with Crippen molar-refractivity contribution in [1.82, 2.24) is 0 Å². The Balaban J connectivity index is 2.46. The fraction of sp³-hybridized carbons (Fsp3) is 0.133. The van der Waals surface area contributed by atoms with Crippen molar-refractivity contribution in [3.8, 4) is 6.07 Å². The molecule has 0 fully saturated rings. The van der Waals surface area contributed by atoms with Gasteiger partial charge in [-0.25, -0.2) is 8.78 Å². The molecule has 0 aromatic heterocycles. The van der Waals surface area contributed by atoms with Crippen LogP contribution in [-0.2, 0) is 0 Å². The lowest BCUT2D eigenvalue weighted by molar-refractivity contribution is 0.627. The van der Waals surface area contributed by atoms with Crippen LogP contribution >= 0.6 is 0 Å². The van der Waals surface area contributed by atoms with Gasteiger partial charge in [0.1, 0.15) is 11.6 Å². The van der Waals surface area contributed by atoms with E-state index in [4.69, 9.17) is 5.26 Å². The molecule has 0 heterocycles.